The number of nitrogens with one attached hydrogen (secondary N) is 2. The molecule has 2 N–H and O–H groups in total. The Hall–Kier alpha value is -1.83. The minimum atomic E-state index is 0.610. The molecule has 0 atom stereocenters. The fraction of sp³-hybridized carbons (Fsp3) is 0.455. The highest BCUT2D eigenvalue weighted by Gasteiger charge is 2.04. The Bertz CT molecular complexity index is 504. The highest BCUT2D eigenvalue weighted by Crippen LogP contribution is 2.17. The van der Waals surface area contributed by atoms with Crippen molar-refractivity contribution in [2.45, 2.75) is 18.5 Å². The second kappa shape index (κ2) is 6.93. The first-order valence-corrected chi connectivity index (χ1v) is 7.20. The predicted molar refractivity (Wildman–Crippen MR) is 74.5 cm³/mol. The van der Waals surface area contributed by atoms with E-state index in [0.717, 1.165) is 23.3 Å². The van der Waals surface area contributed by atoms with Crippen LogP contribution in [0.5, 0.6) is 0 Å². The van der Waals surface area contributed by atoms with Gasteiger partial charge in [-0.05, 0) is 13.2 Å². The Kier molecular flexibility index (Phi) is 4.96. The van der Waals surface area contributed by atoms with E-state index in [4.69, 9.17) is 4.52 Å². The second-order valence-electron chi connectivity index (χ2n) is 3.67. The molecule has 2 heterocycles. The summed E-state index contributed by atoms with van der Waals surface area (Å²) >= 11 is 1.51. The summed E-state index contributed by atoms with van der Waals surface area (Å²) in [6, 6.07) is 1.89. The lowest BCUT2D eigenvalue weighted by atomic mass is 10.4. The molecule has 0 fully saturated rings. The summed E-state index contributed by atoms with van der Waals surface area (Å²) < 4.78 is 4.93. The van der Waals surface area contributed by atoms with Gasteiger partial charge in [-0.1, -0.05) is 16.9 Å². The van der Waals surface area contributed by atoms with Crippen LogP contribution in [0.1, 0.15) is 12.8 Å². The van der Waals surface area contributed by atoms with Crippen molar-refractivity contribution in [2.75, 3.05) is 30.0 Å². The number of aromatic nitrogens is 4. The standard InChI is InChI=1S/C11H16N6OS/c1-3-12-8-6-9(17-11(16-8)19-2)13-5-4-10-14-7-15-18-10/h6-7H,3-5H2,1-2H3,(H2,12,13,16,17). The summed E-state index contributed by atoms with van der Waals surface area (Å²) in [6.07, 6.45) is 4.01. The zero-order valence-corrected chi connectivity index (χ0v) is 11.7. The number of hydrogen-bond donors (Lipinski definition) is 2. The van der Waals surface area contributed by atoms with Crippen LogP contribution in [-0.4, -0.2) is 39.5 Å². The largest absolute Gasteiger partial charge is 0.370 e. The first kappa shape index (κ1) is 13.6. The number of rotatable bonds is 7. The van der Waals surface area contributed by atoms with Gasteiger partial charge in [0.15, 0.2) is 11.5 Å². The Morgan fingerprint density at radius 1 is 1.26 bits per heavy atom. The lowest BCUT2D eigenvalue weighted by Gasteiger charge is -2.08. The van der Waals surface area contributed by atoms with E-state index in [0.29, 0.717) is 18.9 Å². The van der Waals surface area contributed by atoms with Crippen LogP contribution in [0, 0.1) is 0 Å². The van der Waals surface area contributed by atoms with Crippen molar-refractivity contribution >= 4 is 23.4 Å². The van der Waals surface area contributed by atoms with E-state index in [9.17, 15) is 0 Å². The first-order valence-electron chi connectivity index (χ1n) is 5.98. The van der Waals surface area contributed by atoms with Gasteiger partial charge in [-0.25, -0.2) is 9.97 Å². The molecule has 0 unspecified atom stereocenters. The van der Waals surface area contributed by atoms with Gasteiger partial charge in [0.25, 0.3) is 0 Å². The second-order valence-corrected chi connectivity index (χ2v) is 4.44. The lowest BCUT2D eigenvalue weighted by Crippen LogP contribution is -2.09. The van der Waals surface area contributed by atoms with Gasteiger partial charge in [-0.2, -0.15) is 4.98 Å². The molecule has 0 spiro atoms. The van der Waals surface area contributed by atoms with Crippen molar-refractivity contribution in [3.05, 3.63) is 18.3 Å². The highest BCUT2D eigenvalue weighted by molar-refractivity contribution is 7.98. The SMILES string of the molecule is CCNc1cc(NCCc2ncno2)nc(SC)n1. The molecule has 0 aromatic carbocycles. The van der Waals surface area contributed by atoms with Gasteiger partial charge >= 0.3 is 0 Å². The van der Waals surface area contributed by atoms with E-state index in [2.05, 4.69) is 30.7 Å². The van der Waals surface area contributed by atoms with E-state index in [-0.39, 0.29) is 0 Å². The van der Waals surface area contributed by atoms with Gasteiger partial charge in [-0.15, -0.1) is 0 Å². The topological polar surface area (TPSA) is 88.8 Å². The summed E-state index contributed by atoms with van der Waals surface area (Å²) in [7, 11) is 0. The average Bonchev–Trinajstić information content (AvgIpc) is 2.92. The minimum absolute atomic E-state index is 0.610. The molecule has 0 amide bonds. The number of anilines is 2. The molecule has 8 heteroatoms. The van der Waals surface area contributed by atoms with Gasteiger partial charge < -0.3 is 15.2 Å². The van der Waals surface area contributed by atoms with Crippen LogP contribution in [0.4, 0.5) is 11.6 Å². The Balaban J connectivity index is 1.96. The normalized spacial score (nSPS) is 10.4. The molecule has 0 saturated heterocycles. The van der Waals surface area contributed by atoms with Crippen molar-refractivity contribution in [1.82, 2.24) is 20.1 Å². The Labute approximate surface area is 115 Å². The Morgan fingerprint density at radius 3 is 2.68 bits per heavy atom. The third kappa shape index (κ3) is 4.09. The Morgan fingerprint density at radius 2 is 2.05 bits per heavy atom. The van der Waals surface area contributed by atoms with E-state index < -0.39 is 0 Å². The fourth-order valence-corrected chi connectivity index (χ4v) is 1.86. The van der Waals surface area contributed by atoms with Crippen molar-refractivity contribution in [3.8, 4) is 0 Å². The molecule has 2 aromatic rings. The lowest BCUT2D eigenvalue weighted by molar-refractivity contribution is 0.379. The number of nitrogens with zero attached hydrogens (tertiary/aromatic N) is 4. The summed E-state index contributed by atoms with van der Waals surface area (Å²) in [6.45, 7) is 3.54. The van der Waals surface area contributed by atoms with E-state index in [1.54, 1.807) is 0 Å². The van der Waals surface area contributed by atoms with Gasteiger partial charge in [0.1, 0.15) is 11.6 Å². The van der Waals surface area contributed by atoms with Crippen molar-refractivity contribution < 1.29 is 4.52 Å². The van der Waals surface area contributed by atoms with Gasteiger partial charge in [0.05, 0.1) is 0 Å². The van der Waals surface area contributed by atoms with Crippen LogP contribution >= 0.6 is 11.8 Å². The molecule has 0 aliphatic heterocycles. The first-order chi connectivity index (χ1) is 9.31. The monoisotopic (exact) mass is 280 g/mol. The molecule has 0 aliphatic carbocycles. The van der Waals surface area contributed by atoms with Crippen LogP contribution < -0.4 is 10.6 Å². The van der Waals surface area contributed by atoms with E-state index >= 15 is 0 Å². The summed E-state index contributed by atoms with van der Waals surface area (Å²) in [5.74, 6) is 2.22. The fourth-order valence-electron chi connectivity index (χ4n) is 1.48. The maximum atomic E-state index is 4.93. The quantitative estimate of drug-likeness (QED) is 0.585. The van der Waals surface area contributed by atoms with Crippen LogP contribution in [0.3, 0.4) is 0 Å². The summed E-state index contributed by atoms with van der Waals surface area (Å²) in [5, 5.41) is 10.7. The van der Waals surface area contributed by atoms with Crippen molar-refractivity contribution in [3.63, 3.8) is 0 Å². The summed E-state index contributed by atoms with van der Waals surface area (Å²) in [5.41, 5.74) is 0. The van der Waals surface area contributed by atoms with Crippen LogP contribution in [0.15, 0.2) is 22.1 Å². The molecule has 19 heavy (non-hydrogen) atoms. The molecule has 102 valence electrons. The third-order valence-corrected chi connectivity index (χ3v) is 2.85. The third-order valence-electron chi connectivity index (χ3n) is 2.30. The van der Waals surface area contributed by atoms with Crippen molar-refractivity contribution in [2.24, 2.45) is 0 Å². The smallest absolute Gasteiger partial charge is 0.228 e. The zero-order valence-electron chi connectivity index (χ0n) is 10.9. The van der Waals surface area contributed by atoms with Crippen molar-refractivity contribution in [1.29, 1.82) is 0 Å². The van der Waals surface area contributed by atoms with E-state index in [1.807, 2.05) is 19.2 Å². The highest BCUT2D eigenvalue weighted by atomic mass is 32.2. The molecule has 0 aliphatic rings. The van der Waals surface area contributed by atoms with Crippen LogP contribution in [0.2, 0.25) is 0 Å². The number of hydrogen-bond acceptors (Lipinski definition) is 8. The van der Waals surface area contributed by atoms with E-state index in [1.165, 1.54) is 18.1 Å². The molecule has 7 nitrogen and oxygen atoms in total. The molecule has 0 bridgehead atoms. The molecule has 0 saturated carbocycles. The minimum Gasteiger partial charge on any atom is -0.370 e. The maximum Gasteiger partial charge on any atom is 0.228 e. The van der Waals surface area contributed by atoms with Crippen LogP contribution in [-0.2, 0) is 6.42 Å². The van der Waals surface area contributed by atoms with Gasteiger partial charge in [0.2, 0.25) is 5.89 Å². The molecular formula is C11H16N6OS. The van der Waals surface area contributed by atoms with Gasteiger partial charge in [0, 0.05) is 25.6 Å². The molecule has 2 rings (SSSR count). The zero-order chi connectivity index (χ0) is 13.5. The molecular weight excluding hydrogens is 264 g/mol. The van der Waals surface area contributed by atoms with Crippen LogP contribution in [0.25, 0.3) is 0 Å². The maximum absolute atomic E-state index is 4.93. The van der Waals surface area contributed by atoms with Gasteiger partial charge in [-0.3, -0.25) is 0 Å². The molecule has 2 aromatic heterocycles. The average molecular weight is 280 g/mol. The molecule has 0 radical (unpaired) electrons. The predicted octanol–water partition coefficient (Wildman–Crippen LogP) is 1.67. The summed E-state index contributed by atoms with van der Waals surface area (Å²) in [4.78, 5) is 12.7. The number of thioether (sulfide) groups is 1.